The summed E-state index contributed by atoms with van der Waals surface area (Å²) in [5.41, 5.74) is 0.600. The van der Waals surface area contributed by atoms with Gasteiger partial charge in [0.05, 0.1) is 6.10 Å². The van der Waals surface area contributed by atoms with Crippen LogP contribution in [0.5, 0.6) is 0 Å². The van der Waals surface area contributed by atoms with Crippen molar-refractivity contribution in [3.8, 4) is 0 Å². The van der Waals surface area contributed by atoms with Gasteiger partial charge in [-0.15, -0.1) is 0 Å². The summed E-state index contributed by atoms with van der Waals surface area (Å²) in [5, 5.41) is 1.17. The smallest absolute Gasteiger partial charge is 0.0710 e. The van der Waals surface area contributed by atoms with E-state index in [1.165, 1.54) is 44.1 Å². The van der Waals surface area contributed by atoms with Gasteiger partial charge in [-0.25, -0.2) is 0 Å². The summed E-state index contributed by atoms with van der Waals surface area (Å²) in [6, 6.07) is 0. The Morgan fingerprint density at radius 3 is 2.71 bits per heavy atom. The minimum atomic E-state index is 0.488. The summed E-state index contributed by atoms with van der Waals surface area (Å²) in [4.78, 5) is 2.58. The molecule has 2 aliphatic rings. The molecular formula is C11H20BrNO. The van der Waals surface area contributed by atoms with Gasteiger partial charge in [-0.1, -0.05) is 22.4 Å². The first-order valence-corrected chi connectivity index (χ1v) is 6.71. The highest BCUT2D eigenvalue weighted by Gasteiger charge is 2.38. The molecule has 0 bridgehead atoms. The third kappa shape index (κ3) is 2.15. The van der Waals surface area contributed by atoms with Gasteiger partial charge in [-0.3, -0.25) is 0 Å². The third-order valence-electron chi connectivity index (χ3n) is 3.82. The van der Waals surface area contributed by atoms with Crippen LogP contribution in [0.2, 0.25) is 0 Å². The Morgan fingerprint density at radius 1 is 1.50 bits per heavy atom. The minimum Gasteiger partial charge on any atom is -0.380 e. The first-order chi connectivity index (χ1) is 6.78. The maximum atomic E-state index is 5.39. The van der Waals surface area contributed by atoms with Crippen molar-refractivity contribution < 1.29 is 4.74 Å². The quantitative estimate of drug-likeness (QED) is 0.721. The summed E-state index contributed by atoms with van der Waals surface area (Å²) in [5.74, 6) is 0. The molecule has 2 fully saturated rings. The Morgan fingerprint density at radius 2 is 2.29 bits per heavy atom. The lowest BCUT2D eigenvalue weighted by molar-refractivity contribution is 0.0778. The predicted molar refractivity (Wildman–Crippen MR) is 61.9 cm³/mol. The Kier molecular flexibility index (Phi) is 3.50. The second kappa shape index (κ2) is 4.50. The third-order valence-corrected chi connectivity index (χ3v) is 5.01. The van der Waals surface area contributed by atoms with E-state index < -0.39 is 0 Å². The number of ether oxygens (including phenoxy) is 1. The Labute approximate surface area is 95.1 Å². The normalized spacial score (nSPS) is 31.7. The van der Waals surface area contributed by atoms with Crippen molar-refractivity contribution in [1.29, 1.82) is 0 Å². The molecule has 1 unspecified atom stereocenters. The predicted octanol–water partition coefficient (Wildman–Crippen LogP) is 2.27. The fraction of sp³-hybridized carbons (Fsp3) is 1.00. The van der Waals surface area contributed by atoms with E-state index in [0.29, 0.717) is 11.5 Å². The lowest BCUT2D eigenvalue weighted by Gasteiger charge is -2.43. The van der Waals surface area contributed by atoms with Crippen LogP contribution in [-0.2, 0) is 4.74 Å². The standard InChI is InChI=1S/C11H20BrNO/c1-14-10-3-6-13(7-10)9-11(8-12)4-2-5-11/h10H,2-9H2,1H3. The van der Waals surface area contributed by atoms with Crippen LogP contribution in [0.3, 0.4) is 0 Å². The zero-order valence-corrected chi connectivity index (χ0v) is 10.6. The molecule has 14 heavy (non-hydrogen) atoms. The lowest BCUT2D eigenvalue weighted by Crippen LogP contribution is -2.43. The Bertz CT molecular complexity index is 188. The number of halogens is 1. The van der Waals surface area contributed by atoms with Crippen LogP contribution in [0, 0.1) is 5.41 Å². The molecule has 2 nitrogen and oxygen atoms in total. The maximum Gasteiger partial charge on any atom is 0.0710 e. The first-order valence-electron chi connectivity index (χ1n) is 5.59. The van der Waals surface area contributed by atoms with Crippen LogP contribution in [-0.4, -0.2) is 43.1 Å². The Hall–Kier alpha value is 0.400. The van der Waals surface area contributed by atoms with Crippen LogP contribution in [0.25, 0.3) is 0 Å². The molecule has 1 saturated carbocycles. The molecule has 0 aromatic heterocycles. The summed E-state index contributed by atoms with van der Waals surface area (Å²) in [6.45, 7) is 3.65. The van der Waals surface area contributed by atoms with Gasteiger partial charge in [0.1, 0.15) is 0 Å². The monoisotopic (exact) mass is 261 g/mol. The minimum absolute atomic E-state index is 0.488. The van der Waals surface area contributed by atoms with Gasteiger partial charge in [-0.05, 0) is 24.7 Å². The van der Waals surface area contributed by atoms with Crippen LogP contribution >= 0.6 is 15.9 Å². The van der Waals surface area contributed by atoms with E-state index in [1.807, 2.05) is 7.11 Å². The van der Waals surface area contributed by atoms with Gasteiger partial charge in [0.2, 0.25) is 0 Å². The highest BCUT2D eigenvalue weighted by molar-refractivity contribution is 9.09. The number of alkyl halides is 1. The summed E-state index contributed by atoms with van der Waals surface area (Å²) >= 11 is 3.66. The molecule has 0 aromatic carbocycles. The van der Waals surface area contributed by atoms with Gasteiger partial charge in [-0.2, -0.15) is 0 Å². The highest BCUT2D eigenvalue weighted by atomic mass is 79.9. The Balaban J connectivity index is 1.80. The lowest BCUT2D eigenvalue weighted by atomic mass is 9.70. The largest absolute Gasteiger partial charge is 0.380 e. The van der Waals surface area contributed by atoms with Gasteiger partial charge >= 0.3 is 0 Å². The second-order valence-electron chi connectivity index (χ2n) is 4.87. The number of methoxy groups -OCH3 is 1. The van der Waals surface area contributed by atoms with E-state index in [-0.39, 0.29) is 0 Å². The van der Waals surface area contributed by atoms with Crippen molar-refractivity contribution in [1.82, 2.24) is 4.90 Å². The average Bonchev–Trinajstić information content (AvgIpc) is 2.59. The molecule has 82 valence electrons. The van der Waals surface area contributed by atoms with Gasteiger partial charge in [0.15, 0.2) is 0 Å². The van der Waals surface area contributed by atoms with E-state index in [1.54, 1.807) is 0 Å². The van der Waals surface area contributed by atoms with E-state index in [9.17, 15) is 0 Å². The number of likely N-dealkylation sites (tertiary alicyclic amines) is 1. The zero-order chi connectivity index (χ0) is 10.0. The van der Waals surface area contributed by atoms with Crippen LogP contribution in [0.15, 0.2) is 0 Å². The zero-order valence-electron chi connectivity index (χ0n) is 8.97. The molecule has 3 heteroatoms. The van der Waals surface area contributed by atoms with E-state index in [0.717, 1.165) is 6.54 Å². The van der Waals surface area contributed by atoms with Gasteiger partial charge in [0, 0.05) is 32.1 Å². The van der Waals surface area contributed by atoms with Crippen LogP contribution in [0.4, 0.5) is 0 Å². The topological polar surface area (TPSA) is 12.5 Å². The average molecular weight is 262 g/mol. The van der Waals surface area contributed by atoms with Gasteiger partial charge in [0.25, 0.3) is 0 Å². The van der Waals surface area contributed by atoms with E-state index in [4.69, 9.17) is 4.74 Å². The van der Waals surface area contributed by atoms with Crippen LogP contribution in [0.1, 0.15) is 25.7 Å². The summed E-state index contributed by atoms with van der Waals surface area (Å²) < 4.78 is 5.39. The fourth-order valence-electron chi connectivity index (χ4n) is 2.62. The molecular weight excluding hydrogens is 242 g/mol. The van der Waals surface area contributed by atoms with Crippen molar-refractivity contribution in [3.05, 3.63) is 0 Å². The molecule has 0 amide bonds. The summed E-state index contributed by atoms with van der Waals surface area (Å²) in [7, 11) is 1.83. The highest BCUT2D eigenvalue weighted by Crippen LogP contribution is 2.43. The molecule has 1 atom stereocenters. The van der Waals surface area contributed by atoms with Crippen molar-refractivity contribution in [3.63, 3.8) is 0 Å². The van der Waals surface area contributed by atoms with Crippen molar-refractivity contribution in [2.75, 3.05) is 32.1 Å². The molecule has 0 aromatic rings. The molecule has 2 rings (SSSR count). The molecule has 1 heterocycles. The molecule has 1 aliphatic heterocycles. The molecule has 1 aliphatic carbocycles. The van der Waals surface area contributed by atoms with Gasteiger partial charge < -0.3 is 9.64 Å². The first kappa shape index (κ1) is 10.9. The SMILES string of the molecule is COC1CCN(CC2(CBr)CCC2)C1. The molecule has 0 radical (unpaired) electrons. The van der Waals surface area contributed by atoms with Crippen LogP contribution < -0.4 is 0 Å². The van der Waals surface area contributed by atoms with Crippen molar-refractivity contribution >= 4 is 15.9 Å². The fourth-order valence-corrected chi connectivity index (χ4v) is 3.36. The number of nitrogens with zero attached hydrogens (tertiary/aromatic N) is 1. The second-order valence-corrected chi connectivity index (χ2v) is 5.43. The molecule has 0 N–H and O–H groups in total. The molecule has 1 saturated heterocycles. The van der Waals surface area contributed by atoms with Crippen molar-refractivity contribution in [2.45, 2.75) is 31.8 Å². The van der Waals surface area contributed by atoms with E-state index >= 15 is 0 Å². The maximum absolute atomic E-state index is 5.39. The number of hydrogen-bond donors (Lipinski definition) is 0. The number of hydrogen-bond acceptors (Lipinski definition) is 2. The molecule has 0 spiro atoms. The summed E-state index contributed by atoms with van der Waals surface area (Å²) in [6.07, 6.45) is 5.95. The number of rotatable bonds is 4. The van der Waals surface area contributed by atoms with Crippen molar-refractivity contribution in [2.24, 2.45) is 5.41 Å². The van der Waals surface area contributed by atoms with E-state index in [2.05, 4.69) is 20.8 Å².